The van der Waals surface area contributed by atoms with Gasteiger partial charge in [-0.3, -0.25) is 4.79 Å². The first-order chi connectivity index (χ1) is 16.9. The minimum absolute atomic E-state index is 0.0450. The molecule has 1 aliphatic heterocycles. The molecule has 0 bridgehead atoms. The van der Waals surface area contributed by atoms with Crippen molar-refractivity contribution in [1.29, 1.82) is 0 Å². The number of rotatable bonds is 7. The smallest absolute Gasteiger partial charge is 0.336 e. The lowest BCUT2D eigenvalue weighted by Gasteiger charge is -2.37. The van der Waals surface area contributed by atoms with Crippen LogP contribution in [0.5, 0.6) is 0 Å². The number of carboxylic acid groups (broad SMARTS) is 1. The van der Waals surface area contributed by atoms with Crippen LogP contribution in [0.4, 0.5) is 17.1 Å². The van der Waals surface area contributed by atoms with E-state index < -0.39 is 11.9 Å². The second-order valence-corrected chi connectivity index (χ2v) is 8.99. The fraction of sp³-hybridized carbons (Fsp3) is 0.241. The van der Waals surface area contributed by atoms with Crippen LogP contribution in [0.25, 0.3) is 5.57 Å². The van der Waals surface area contributed by atoms with Crippen molar-refractivity contribution in [1.82, 2.24) is 0 Å². The van der Waals surface area contributed by atoms with E-state index in [4.69, 9.17) is 0 Å². The van der Waals surface area contributed by atoms with Gasteiger partial charge in [0.25, 0.3) is 0 Å². The first kappa shape index (κ1) is 24.1. The number of nitrogens with one attached hydrogen (secondary N) is 1. The molecule has 35 heavy (non-hydrogen) atoms. The fourth-order valence-corrected chi connectivity index (χ4v) is 4.24. The second kappa shape index (κ2) is 10.9. The van der Waals surface area contributed by atoms with Crippen LogP contribution < -0.4 is 15.1 Å². The summed E-state index contributed by atoms with van der Waals surface area (Å²) >= 11 is 0. The van der Waals surface area contributed by atoms with E-state index >= 15 is 0 Å². The number of hydrogen-bond donors (Lipinski definition) is 2. The van der Waals surface area contributed by atoms with E-state index in [0.29, 0.717) is 17.2 Å². The van der Waals surface area contributed by atoms with Gasteiger partial charge in [0.2, 0.25) is 5.91 Å². The molecule has 3 aromatic rings. The van der Waals surface area contributed by atoms with Gasteiger partial charge in [-0.2, -0.15) is 0 Å². The Kier molecular flexibility index (Phi) is 7.51. The highest BCUT2D eigenvalue weighted by Gasteiger charge is 2.18. The monoisotopic (exact) mass is 469 g/mol. The summed E-state index contributed by atoms with van der Waals surface area (Å²) in [7, 11) is 0. The SMILES string of the molecule is CC(C)c1ccc(N2CCN(c3ccc(NC(=O)/C=C(/C(=O)O)c4ccccc4)cc3)CC2)cc1. The Bertz CT molecular complexity index is 1180. The summed E-state index contributed by atoms with van der Waals surface area (Å²) in [6.45, 7) is 8.14. The fourth-order valence-electron chi connectivity index (χ4n) is 4.24. The molecule has 180 valence electrons. The Morgan fingerprint density at radius 1 is 0.800 bits per heavy atom. The maximum atomic E-state index is 12.4. The average Bonchev–Trinajstić information content (AvgIpc) is 2.88. The third-order valence-corrected chi connectivity index (χ3v) is 6.30. The number of aliphatic carboxylic acids is 1. The Balaban J connectivity index is 1.34. The zero-order chi connectivity index (χ0) is 24.8. The van der Waals surface area contributed by atoms with Gasteiger partial charge < -0.3 is 20.2 Å². The zero-order valence-corrected chi connectivity index (χ0v) is 20.1. The van der Waals surface area contributed by atoms with Gasteiger partial charge in [-0.25, -0.2) is 4.79 Å². The summed E-state index contributed by atoms with van der Waals surface area (Å²) in [4.78, 5) is 28.8. The van der Waals surface area contributed by atoms with E-state index in [1.807, 2.05) is 24.3 Å². The zero-order valence-electron chi connectivity index (χ0n) is 20.1. The van der Waals surface area contributed by atoms with Crippen LogP contribution in [-0.2, 0) is 9.59 Å². The highest BCUT2D eigenvalue weighted by Crippen LogP contribution is 2.24. The summed E-state index contributed by atoms with van der Waals surface area (Å²) in [5, 5.41) is 12.3. The Morgan fingerprint density at radius 3 is 1.80 bits per heavy atom. The molecule has 0 radical (unpaired) electrons. The first-order valence-corrected chi connectivity index (χ1v) is 11.9. The van der Waals surface area contributed by atoms with Crippen molar-refractivity contribution in [3.05, 3.63) is 96.1 Å². The summed E-state index contributed by atoms with van der Waals surface area (Å²) in [5.74, 6) is -1.08. The number of carbonyl (C=O) groups is 2. The third kappa shape index (κ3) is 6.09. The standard InChI is InChI=1S/C29H31N3O3/c1-21(2)22-8-12-25(13-9-22)31-16-18-32(19-17-31)26-14-10-24(11-15-26)30-28(33)20-27(29(34)35)23-6-4-3-5-7-23/h3-15,20-21H,16-19H2,1-2H3,(H,30,33)(H,34,35)/b27-20+. The van der Waals surface area contributed by atoms with Crippen LogP contribution in [0.1, 0.15) is 30.9 Å². The summed E-state index contributed by atoms with van der Waals surface area (Å²) in [5.41, 5.74) is 4.78. The van der Waals surface area contributed by atoms with Crippen molar-refractivity contribution >= 4 is 34.5 Å². The normalized spacial score (nSPS) is 14.2. The number of nitrogens with zero attached hydrogens (tertiary/aromatic N) is 2. The van der Waals surface area contributed by atoms with Gasteiger partial charge in [0.15, 0.2) is 0 Å². The van der Waals surface area contributed by atoms with Gasteiger partial charge in [0.05, 0.1) is 5.57 Å². The Labute approximate surface area is 206 Å². The highest BCUT2D eigenvalue weighted by molar-refractivity contribution is 6.21. The van der Waals surface area contributed by atoms with Crippen LogP contribution in [-0.4, -0.2) is 43.2 Å². The number of amides is 1. The van der Waals surface area contributed by atoms with Crippen molar-refractivity contribution in [2.24, 2.45) is 0 Å². The van der Waals surface area contributed by atoms with Gasteiger partial charge in [-0.05, 0) is 53.4 Å². The summed E-state index contributed by atoms with van der Waals surface area (Å²) in [6.07, 6.45) is 1.12. The van der Waals surface area contributed by atoms with Crippen molar-refractivity contribution < 1.29 is 14.7 Å². The maximum Gasteiger partial charge on any atom is 0.336 e. The lowest BCUT2D eigenvalue weighted by Crippen LogP contribution is -2.46. The lowest BCUT2D eigenvalue weighted by atomic mass is 10.0. The largest absolute Gasteiger partial charge is 0.478 e. The van der Waals surface area contributed by atoms with Crippen molar-refractivity contribution in [3.8, 4) is 0 Å². The van der Waals surface area contributed by atoms with Crippen molar-refractivity contribution in [2.45, 2.75) is 19.8 Å². The molecule has 1 aliphatic rings. The van der Waals surface area contributed by atoms with Gasteiger partial charge in [0, 0.05) is 49.3 Å². The molecule has 3 aromatic carbocycles. The molecule has 0 aromatic heterocycles. The number of benzene rings is 3. The van der Waals surface area contributed by atoms with Crippen LogP contribution >= 0.6 is 0 Å². The maximum absolute atomic E-state index is 12.4. The molecule has 2 N–H and O–H groups in total. The van der Waals surface area contributed by atoms with Crippen molar-refractivity contribution in [2.75, 3.05) is 41.3 Å². The molecule has 4 rings (SSSR count). The molecule has 0 spiro atoms. The Hall–Kier alpha value is -4.06. The molecule has 1 amide bonds. The molecule has 0 saturated carbocycles. The van der Waals surface area contributed by atoms with Crippen LogP contribution in [0.3, 0.4) is 0 Å². The van der Waals surface area contributed by atoms with Gasteiger partial charge in [0.1, 0.15) is 0 Å². The van der Waals surface area contributed by atoms with Crippen LogP contribution in [0, 0.1) is 0 Å². The first-order valence-electron chi connectivity index (χ1n) is 11.9. The van der Waals surface area contributed by atoms with Gasteiger partial charge >= 0.3 is 5.97 Å². The number of anilines is 3. The van der Waals surface area contributed by atoms with E-state index in [-0.39, 0.29) is 5.57 Å². The third-order valence-electron chi connectivity index (χ3n) is 6.30. The second-order valence-electron chi connectivity index (χ2n) is 8.99. The predicted molar refractivity (Wildman–Crippen MR) is 142 cm³/mol. The number of hydrogen-bond acceptors (Lipinski definition) is 4. The van der Waals surface area contributed by atoms with Crippen molar-refractivity contribution in [3.63, 3.8) is 0 Å². The van der Waals surface area contributed by atoms with Crippen LogP contribution in [0.15, 0.2) is 84.9 Å². The number of carbonyl (C=O) groups excluding carboxylic acids is 1. The lowest BCUT2D eigenvalue weighted by molar-refractivity contribution is -0.130. The topological polar surface area (TPSA) is 72.9 Å². The van der Waals surface area contributed by atoms with E-state index in [2.05, 4.69) is 53.2 Å². The highest BCUT2D eigenvalue weighted by atomic mass is 16.4. The molecule has 1 saturated heterocycles. The minimum atomic E-state index is -1.14. The molecule has 1 fully saturated rings. The number of carboxylic acids is 1. The Morgan fingerprint density at radius 2 is 1.31 bits per heavy atom. The summed E-state index contributed by atoms with van der Waals surface area (Å²) in [6, 6.07) is 25.2. The molecule has 0 atom stereocenters. The number of piperazine rings is 1. The predicted octanol–water partition coefficient (Wildman–Crippen LogP) is 5.24. The summed E-state index contributed by atoms with van der Waals surface area (Å²) < 4.78 is 0. The van der Waals surface area contributed by atoms with E-state index in [0.717, 1.165) is 37.9 Å². The molecule has 0 unspecified atom stereocenters. The molecular weight excluding hydrogens is 438 g/mol. The minimum Gasteiger partial charge on any atom is -0.478 e. The van der Waals surface area contributed by atoms with Gasteiger partial charge in [-0.15, -0.1) is 0 Å². The molecule has 6 heteroatoms. The molecule has 0 aliphatic carbocycles. The molecule has 6 nitrogen and oxygen atoms in total. The average molecular weight is 470 g/mol. The quantitative estimate of drug-likeness (QED) is 0.463. The molecular formula is C29H31N3O3. The van der Waals surface area contributed by atoms with E-state index in [9.17, 15) is 14.7 Å². The molecule has 1 heterocycles. The van der Waals surface area contributed by atoms with Gasteiger partial charge in [-0.1, -0.05) is 56.3 Å². The van der Waals surface area contributed by atoms with Crippen LogP contribution in [0.2, 0.25) is 0 Å². The van der Waals surface area contributed by atoms with E-state index in [1.165, 1.54) is 11.3 Å². The van der Waals surface area contributed by atoms with E-state index in [1.54, 1.807) is 30.3 Å².